The van der Waals surface area contributed by atoms with Gasteiger partial charge in [0.25, 0.3) is 0 Å². The fourth-order valence-corrected chi connectivity index (χ4v) is 1.77. The molecule has 26 heavy (non-hydrogen) atoms. The maximum Gasteiger partial charge on any atom is 0.337 e. The molecule has 0 heterocycles. The fraction of sp³-hybridized carbons (Fsp3) is 0.684. The summed E-state index contributed by atoms with van der Waals surface area (Å²) in [5, 5.41) is 0. The monoisotopic (exact) mass is 372 g/mol. The second kappa shape index (κ2) is 19.8. The van der Waals surface area contributed by atoms with E-state index >= 15 is 0 Å². The van der Waals surface area contributed by atoms with Crippen molar-refractivity contribution in [3.63, 3.8) is 0 Å². The van der Waals surface area contributed by atoms with Gasteiger partial charge in [0.1, 0.15) is 6.29 Å². The molecule has 7 nitrogen and oxygen atoms in total. The van der Waals surface area contributed by atoms with Crippen molar-refractivity contribution in [3.05, 3.63) is 23.8 Å². The van der Waals surface area contributed by atoms with Gasteiger partial charge in [-0.1, -0.05) is 25.2 Å². The SMILES string of the molecule is CC/C=C\C(=C/CCOCCOCCOCCOCCC=O)C(=O)OC. The number of carbonyl (C=O) groups is 2. The second-order valence-corrected chi connectivity index (χ2v) is 5.16. The van der Waals surface area contributed by atoms with Crippen molar-refractivity contribution in [1.29, 1.82) is 0 Å². The summed E-state index contributed by atoms with van der Waals surface area (Å²) in [4.78, 5) is 21.6. The molecule has 0 aromatic heterocycles. The highest BCUT2D eigenvalue weighted by Crippen LogP contribution is 2.03. The van der Waals surface area contributed by atoms with Gasteiger partial charge in [0.05, 0.1) is 65.5 Å². The lowest BCUT2D eigenvalue weighted by atomic mass is 10.2. The average molecular weight is 372 g/mol. The summed E-state index contributed by atoms with van der Waals surface area (Å²) in [6, 6.07) is 0. The van der Waals surface area contributed by atoms with E-state index in [1.807, 2.05) is 19.1 Å². The summed E-state index contributed by atoms with van der Waals surface area (Å²) in [5.41, 5.74) is 0.543. The molecule has 0 atom stereocenters. The first-order valence-electron chi connectivity index (χ1n) is 8.95. The summed E-state index contributed by atoms with van der Waals surface area (Å²) in [6.45, 7) is 5.88. The van der Waals surface area contributed by atoms with E-state index < -0.39 is 0 Å². The number of allylic oxidation sites excluding steroid dienone is 1. The molecule has 0 fully saturated rings. The molecule has 0 aliphatic rings. The number of ether oxygens (including phenoxy) is 5. The van der Waals surface area contributed by atoms with E-state index in [1.165, 1.54) is 7.11 Å². The van der Waals surface area contributed by atoms with Gasteiger partial charge in [-0.25, -0.2) is 4.79 Å². The molecular weight excluding hydrogens is 340 g/mol. The Hall–Kier alpha value is -1.54. The summed E-state index contributed by atoms with van der Waals surface area (Å²) >= 11 is 0. The minimum absolute atomic E-state index is 0.341. The molecule has 0 rings (SSSR count). The van der Waals surface area contributed by atoms with Gasteiger partial charge in [-0.05, 0) is 12.8 Å². The summed E-state index contributed by atoms with van der Waals surface area (Å²) in [6.07, 6.45) is 8.22. The van der Waals surface area contributed by atoms with Crippen LogP contribution in [0.25, 0.3) is 0 Å². The highest BCUT2D eigenvalue weighted by atomic mass is 16.6. The van der Waals surface area contributed by atoms with E-state index in [1.54, 1.807) is 6.08 Å². The molecule has 0 aromatic rings. The minimum Gasteiger partial charge on any atom is -0.465 e. The van der Waals surface area contributed by atoms with Crippen LogP contribution in [0.2, 0.25) is 0 Å². The maximum atomic E-state index is 11.6. The highest BCUT2D eigenvalue weighted by Gasteiger charge is 2.04. The molecular formula is C19H32O7. The van der Waals surface area contributed by atoms with Crippen molar-refractivity contribution in [2.75, 3.05) is 60.0 Å². The van der Waals surface area contributed by atoms with Gasteiger partial charge in [-0.3, -0.25) is 0 Å². The maximum absolute atomic E-state index is 11.6. The van der Waals surface area contributed by atoms with E-state index in [-0.39, 0.29) is 5.97 Å². The Balaban J connectivity index is 3.49. The number of hydrogen-bond donors (Lipinski definition) is 0. The van der Waals surface area contributed by atoms with Crippen LogP contribution in [0.1, 0.15) is 26.2 Å². The Morgan fingerprint density at radius 2 is 1.31 bits per heavy atom. The zero-order chi connectivity index (χ0) is 19.3. The van der Waals surface area contributed by atoms with E-state index in [0.29, 0.717) is 71.3 Å². The topological polar surface area (TPSA) is 80.3 Å². The van der Waals surface area contributed by atoms with Crippen LogP contribution in [0.3, 0.4) is 0 Å². The van der Waals surface area contributed by atoms with Crippen molar-refractivity contribution in [3.8, 4) is 0 Å². The van der Waals surface area contributed by atoms with Gasteiger partial charge in [0, 0.05) is 6.42 Å². The number of methoxy groups -OCH3 is 1. The minimum atomic E-state index is -0.341. The normalized spacial score (nSPS) is 11.8. The fourth-order valence-electron chi connectivity index (χ4n) is 1.77. The lowest BCUT2D eigenvalue weighted by Crippen LogP contribution is -2.12. The molecule has 0 radical (unpaired) electrons. The van der Waals surface area contributed by atoms with Crippen LogP contribution in [-0.4, -0.2) is 72.2 Å². The van der Waals surface area contributed by atoms with E-state index in [2.05, 4.69) is 0 Å². The van der Waals surface area contributed by atoms with Crippen LogP contribution in [-0.2, 0) is 33.3 Å². The quantitative estimate of drug-likeness (QED) is 0.120. The number of rotatable bonds is 18. The molecule has 0 spiro atoms. The Morgan fingerprint density at radius 1 is 0.808 bits per heavy atom. The van der Waals surface area contributed by atoms with Gasteiger partial charge in [-0.15, -0.1) is 0 Å². The Kier molecular flexibility index (Phi) is 18.6. The molecule has 0 bridgehead atoms. The van der Waals surface area contributed by atoms with E-state index in [9.17, 15) is 9.59 Å². The van der Waals surface area contributed by atoms with Gasteiger partial charge < -0.3 is 28.5 Å². The third-order valence-electron chi connectivity index (χ3n) is 3.08. The van der Waals surface area contributed by atoms with Crippen molar-refractivity contribution >= 4 is 12.3 Å². The third-order valence-corrected chi connectivity index (χ3v) is 3.08. The first-order valence-corrected chi connectivity index (χ1v) is 8.95. The standard InChI is InChI=1S/C19H32O7/c1-3-4-7-18(19(21)22-2)8-5-10-23-12-14-25-16-17-26-15-13-24-11-6-9-20/h4,7-9H,3,5-6,10-17H2,1-2H3/b7-4-,18-8+. The van der Waals surface area contributed by atoms with Crippen LogP contribution < -0.4 is 0 Å². The molecule has 0 unspecified atom stereocenters. The lowest BCUT2D eigenvalue weighted by Gasteiger charge is -2.07. The number of carbonyl (C=O) groups excluding carboxylic acids is 2. The molecule has 0 aliphatic heterocycles. The second-order valence-electron chi connectivity index (χ2n) is 5.16. The largest absolute Gasteiger partial charge is 0.465 e. The lowest BCUT2D eigenvalue weighted by molar-refractivity contribution is -0.135. The van der Waals surface area contributed by atoms with Crippen LogP contribution in [0, 0.1) is 0 Å². The molecule has 0 aliphatic carbocycles. The Morgan fingerprint density at radius 3 is 1.77 bits per heavy atom. The van der Waals surface area contributed by atoms with Gasteiger partial charge >= 0.3 is 5.97 Å². The summed E-state index contributed by atoms with van der Waals surface area (Å²) in [7, 11) is 1.37. The predicted octanol–water partition coefficient (Wildman–Crippen LogP) is 2.10. The van der Waals surface area contributed by atoms with Crippen LogP contribution in [0.15, 0.2) is 23.8 Å². The van der Waals surface area contributed by atoms with Crippen LogP contribution in [0.5, 0.6) is 0 Å². The number of aldehydes is 1. The average Bonchev–Trinajstić information content (AvgIpc) is 2.66. The molecule has 0 N–H and O–H groups in total. The smallest absolute Gasteiger partial charge is 0.337 e. The van der Waals surface area contributed by atoms with Gasteiger partial charge in [-0.2, -0.15) is 0 Å². The first-order chi connectivity index (χ1) is 12.8. The van der Waals surface area contributed by atoms with Crippen molar-refractivity contribution < 1.29 is 33.3 Å². The van der Waals surface area contributed by atoms with Crippen molar-refractivity contribution in [2.45, 2.75) is 26.2 Å². The number of esters is 1. The molecule has 0 amide bonds. The molecule has 0 aromatic carbocycles. The highest BCUT2D eigenvalue weighted by molar-refractivity contribution is 5.91. The van der Waals surface area contributed by atoms with Gasteiger partial charge in [0.15, 0.2) is 0 Å². The van der Waals surface area contributed by atoms with Gasteiger partial charge in [0.2, 0.25) is 0 Å². The molecule has 150 valence electrons. The first kappa shape index (κ1) is 24.5. The third kappa shape index (κ3) is 16.0. The Bertz CT molecular complexity index is 405. The van der Waals surface area contributed by atoms with Crippen LogP contribution >= 0.6 is 0 Å². The zero-order valence-corrected chi connectivity index (χ0v) is 15.9. The molecule has 0 saturated heterocycles. The molecule has 0 saturated carbocycles. The Labute approximate surface area is 156 Å². The zero-order valence-electron chi connectivity index (χ0n) is 15.9. The summed E-state index contributed by atoms with van der Waals surface area (Å²) < 4.78 is 26.0. The number of hydrogen-bond acceptors (Lipinski definition) is 7. The van der Waals surface area contributed by atoms with E-state index in [0.717, 1.165) is 12.7 Å². The predicted molar refractivity (Wildman–Crippen MR) is 98.1 cm³/mol. The van der Waals surface area contributed by atoms with Crippen LogP contribution in [0.4, 0.5) is 0 Å². The van der Waals surface area contributed by atoms with Crippen molar-refractivity contribution in [2.24, 2.45) is 0 Å². The van der Waals surface area contributed by atoms with Crippen molar-refractivity contribution in [1.82, 2.24) is 0 Å². The van der Waals surface area contributed by atoms with E-state index in [4.69, 9.17) is 23.7 Å². The molecule has 7 heteroatoms. The summed E-state index contributed by atoms with van der Waals surface area (Å²) in [5.74, 6) is -0.341.